The second-order valence-electron chi connectivity index (χ2n) is 5.92. The van der Waals surface area contributed by atoms with Crippen LogP contribution in [-0.4, -0.2) is 15.9 Å². The molecule has 2 heterocycles. The van der Waals surface area contributed by atoms with Crippen molar-refractivity contribution in [3.63, 3.8) is 0 Å². The van der Waals surface area contributed by atoms with Crippen LogP contribution in [0, 0.1) is 13.8 Å². The molecule has 0 fully saturated rings. The predicted molar refractivity (Wildman–Crippen MR) is 99.7 cm³/mol. The first-order valence-corrected chi connectivity index (χ1v) is 8.09. The Kier molecular flexibility index (Phi) is 5.04. The normalized spacial score (nSPS) is 10.3. The van der Waals surface area contributed by atoms with E-state index < -0.39 is 0 Å². The third-order valence-corrected chi connectivity index (χ3v) is 3.85. The molecule has 126 valence electrons. The van der Waals surface area contributed by atoms with Gasteiger partial charge in [0.1, 0.15) is 5.69 Å². The number of hydrogen-bond acceptors (Lipinski definition) is 4. The monoisotopic (exact) mass is 332 g/mol. The average molecular weight is 332 g/mol. The smallest absolute Gasteiger partial charge is 0.274 e. The fourth-order valence-corrected chi connectivity index (χ4v) is 2.43. The van der Waals surface area contributed by atoms with Gasteiger partial charge in [0.15, 0.2) is 0 Å². The van der Waals surface area contributed by atoms with E-state index in [1.807, 2.05) is 56.4 Å². The zero-order valence-corrected chi connectivity index (χ0v) is 14.3. The molecule has 0 unspecified atom stereocenters. The van der Waals surface area contributed by atoms with E-state index >= 15 is 0 Å². The molecular weight excluding hydrogens is 312 g/mol. The van der Waals surface area contributed by atoms with Gasteiger partial charge in [-0.15, -0.1) is 0 Å². The summed E-state index contributed by atoms with van der Waals surface area (Å²) >= 11 is 0. The number of anilines is 2. The van der Waals surface area contributed by atoms with Gasteiger partial charge in [-0.2, -0.15) is 0 Å². The van der Waals surface area contributed by atoms with Crippen LogP contribution in [0.4, 0.5) is 11.4 Å². The summed E-state index contributed by atoms with van der Waals surface area (Å²) < 4.78 is 0. The van der Waals surface area contributed by atoms with Crippen LogP contribution in [0.3, 0.4) is 0 Å². The molecule has 2 N–H and O–H groups in total. The molecule has 5 nitrogen and oxygen atoms in total. The fourth-order valence-electron chi connectivity index (χ4n) is 2.43. The second-order valence-corrected chi connectivity index (χ2v) is 5.92. The Bertz CT molecular complexity index is 878. The van der Waals surface area contributed by atoms with Crippen LogP contribution < -0.4 is 10.6 Å². The van der Waals surface area contributed by atoms with E-state index in [2.05, 4.69) is 20.6 Å². The van der Waals surface area contributed by atoms with Crippen LogP contribution in [0.15, 0.2) is 61.1 Å². The van der Waals surface area contributed by atoms with E-state index in [9.17, 15) is 4.79 Å². The van der Waals surface area contributed by atoms with E-state index in [0.717, 1.165) is 28.1 Å². The Hall–Kier alpha value is -3.21. The summed E-state index contributed by atoms with van der Waals surface area (Å²) in [6.07, 6.45) is 5.18. The first-order valence-electron chi connectivity index (χ1n) is 8.09. The van der Waals surface area contributed by atoms with Crippen molar-refractivity contribution in [2.45, 2.75) is 20.4 Å². The summed E-state index contributed by atoms with van der Waals surface area (Å²) in [6.45, 7) is 4.60. The van der Waals surface area contributed by atoms with Crippen molar-refractivity contribution in [1.82, 2.24) is 9.97 Å². The van der Waals surface area contributed by atoms with Crippen molar-refractivity contribution in [1.29, 1.82) is 0 Å². The highest BCUT2D eigenvalue weighted by Gasteiger charge is 2.10. The highest BCUT2D eigenvalue weighted by atomic mass is 16.1. The number of aromatic nitrogens is 2. The Morgan fingerprint density at radius 2 is 1.96 bits per heavy atom. The van der Waals surface area contributed by atoms with Crippen LogP contribution in [0.25, 0.3) is 0 Å². The van der Waals surface area contributed by atoms with Crippen molar-refractivity contribution in [3.8, 4) is 0 Å². The number of carbonyl (C=O) groups excluding carboxylic acids is 1. The number of aryl methyl sites for hydroxylation is 2. The molecule has 1 amide bonds. The molecule has 2 aromatic heterocycles. The van der Waals surface area contributed by atoms with Crippen molar-refractivity contribution >= 4 is 17.3 Å². The summed E-state index contributed by atoms with van der Waals surface area (Å²) in [7, 11) is 0. The molecule has 0 bridgehead atoms. The van der Waals surface area contributed by atoms with Gasteiger partial charge in [-0.25, -0.2) is 0 Å². The highest BCUT2D eigenvalue weighted by Crippen LogP contribution is 2.18. The van der Waals surface area contributed by atoms with Gasteiger partial charge in [-0.3, -0.25) is 14.8 Å². The van der Waals surface area contributed by atoms with Crippen LogP contribution in [0.2, 0.25) is 0 Å². The zero-order valence-electron chi connectivity index (χ0n) is 14.3. The third kappa shape index (κ3) is 4.41. The van der Waals surface area contributed by atoms with E-state index in [0.29, 0.717) is 12.2 Å². The van der Waals surface area contributed by atoms with Gasteiger partial charge < -0.3 is 10.6 Å². The third-order valence-electron chi connectivity index (χ3n) is 3.85. The molecule has 0 saturated heterocycles. The Morgan fingerprint density at radius 3 is 2.76 bits per heavy atom. The molecule has 0 aliphatic heterocycles. The largest absolute Gasteiger partial charge is 0.381 e. The Morgan fingerprint density at radius 1 is 1.08 bits per heavy atom. The predicted octanol–water partition coefficient (Wildman–Crippen LogP) is 3.96. The SMILES string of the molecule is Cc1ccc(C)c(NC(=O)c2cc(NCc3cccnc3)ccn2)c1. The number of hydrogen-bond donors (Lipinski definition) is 2. The summed E-state index contributed by atoms with van der Waals surface area (Å²) in [5.41, 5.74) is 5.20. The van der Waals surface area contributed by atoms with Crippen LogP contribution >= 0.6 is 0 Å². The fraction of sp³-hybridized carbons (Fsp3) is 0.150. The topological polar surface area (TPSA) is 66.9 Å². The molecule has 0 spiro atoms. The minimum absolute atomic E-state index is 0.223. The molecule has 0 atom stereocenters. The Balaban J connectivity index is 1.70. The maximum absolute atomic E-state index is 12.5. The minimum atomic E-state index is -0.223. The van der Waals surface area contributed by atoms with Gasteiger partial charge in [0.05, 0.1) is 0 Å². The van der Waals surface area contributed by atoms with Gasteiger partial charge in [0, 0.05) is 36.5 Å². The molecule has 0 radical (unpaired) electrons. The van der Waals surface area contributed by atoms with Crippen LogP contribution in [0.1, 0.15) is 27.2 Å². The molecule has 0 aliphatic rings. The summed E-state index contributed by atoms with van der Waals surface area (Å²) in [5, 5.41) is 6.21. The maximum Gasteiger partial charge on any atom is 0.274 e. The summed E-state index contributed by atoms with van der Waals surface area (Å²) in [6, 6.07) is 13.4. The van der Waals surface area contributed by atoms with E-state index in [-0.39, 0.29) is 5.91 Å². The number of nitrogens with one attached hydrogen (secondary N) is 2. The van der Waals surface area contributed by atoms with Gasteiger partial charge in [0.25, 0.3) is 5.91 Å². The molecule has 3 rings (SSSR count). The molecule has 1 aromatic carbocycles. The first-order chi connectivity index (χ1) is 12.1. The first kappa shape index (κ1) is 16.6. The summed E-state index contributed by atoms with van der Waals surface area (Å²) in [4.78, 5) is 20.8. The zero-order chi connectivity index (χ0) is 17.6. The van der Waals surface area contributed by atoms with Crippen LogP contribution in [0.5, 0.6) is 0 Å². The molecule has 0 aliphatic carbocycles. The number of amides is 1. The lowest BCUT2D eigenvalue weighted by atomic mass is 10.1. The van der Waals surface area contributed by atoms with Gasteiger partial charge >= 0.3 is 0 Å². The standard InChI is InChI=1S/C20H20N4O/c1-14-5-6-15(2)18(10-14)24-20(25)19-11-17(7-9-22-19)23-13-16-4-3-8-21-12-16/h3-12H,13H2,1-2H3,(H,22,23)(H,24,25). The summed E-state index contributed by atoms with van der Waals surface area (Å²) in [5.74, 6) is -0.223. The van der Waals surface area contributed by atoms with Crippen molar-refractivity contribution < 1.29 is 4.79 Å². The maximum atomic E-state index is 12.5. The lowest BCUT2D eigenvalue weighted by molar-refractivity contribution is 0.102. The molecule has 5 heteroatoms. The van der Waals surface area contributed by atoms with Crippen LogP contribution in [-0.2, 0) is 6.54 Å². The molecule has 3 aromatic rings. The molecule has 0 saturated carbocycles. The van der Waals surface area contributed by atoms with Gasteiger partial charge in [-0.1, -0.05) is 18.2 Å². The quantitative estimate of drug-likeness (QED) is 0.742. The van der Waals surface area contributed by atoms with Gasteiger partial charge in [0.2, 0.25) is 0 Å². The number of rotatable bonds is 5. The van der Waals surface area contributed by atoms with E-state index in [1.165, 1.54) is 0 Å². The number of pyridine rings is 2. The van der Waals surface area contributed by atoms with E-state index in [4.69, 9.17) is 0 Å². The lowest BCUT2D eigenvalue weighted by Gasteiger charge is -2.10. The van der Waals surface area contributed by atoms with Crippen molar-refractivity contribution in [3.05, 3.63) is 83.4 Å². The minimum Gasteiger partial charge on any atom is -0.381 e. The molecular formula is C20H20N4O. The number of benzene rings is 1. The van der Waals surface area contributed by atoms with Gasteiger partial charge in [-0.05, 0) is 54.8 Å². The number of carbonyl (C=O) groups is 1. The molecule has 25 heavy (non-hydrogen) atoms. The highest BCUT2D eigenvalue weighted by molar-refractivity contribution is 6.03. The van der Waals surface area contributed by atoms with Crippen molar-refractivity contribution in [2.75, 3.05) is 10.6 Å². The lowest BCUT2D eigenvalue weighted by Crippen LogP contribution is -2.15. The van der Waals surface area contributed by atoms with E-state index in [1.54, 1.807) is 18.5 Å². The average Bonchev–Trinajstić information content (AvgIpc) is 2.64. The second kappa shape index (κ2) is 7.57. The Labute approximate surface area is 147 Å². The van der Waals surface area contributed by atoms with Crippen molar-refractivity contribution in [2.24, 2.45) is 0 Å². The number of nitrogens with zero attached hydrogens (tertiary/aromatic N) is 2.